The molecular weight excluding hydrogens is 388 g/mol. The van der Waals surface area contributed by atoms with E-state index < -0.39 is 0 Å². The molecule has 2 aromatic heterocycles. The predicted octanol–water partition coefficient (Wildman–Crippen LogP) is 5.94. The maximum Gasteiger partial charge on any atom is 0.221 e. The number of hydrogen-bond acceptors (Lipinski definition) is 6. The first-order valence-corrected chi connectivity index (χ1v) is 10.5. The third-order valence-electron chi connectivity index (χ3n) is 4.06. The molecule has 0 unspecified atom stereocenters. The molecule has 7 heteroatoms. The number of anilines is 3. The fraction of sp³-hybridized carbons (Fsp3) is 0.0952. The van der Waals surface area contributed by atoms with Gasteiger partial charge in [0, 0.05) is 40.2 Å². The number of aromatic nitrogens is 2. The van der Waals surface area contributed by atoms with Gasteiger partial charge in [-0.15, -0.1) is 22.7 Å². The Labute approximate surface area is 171 Å². The lowest BCUT2D eigenvalue weighted by Gasteiger charge is -2.04. The Morgan fingerprint density at radius 1 is 0.821 bits per heavy atom. The summed E-state index contributed by atoms with van der Waals surface area (Å²) in [6.07, 6.45) is 0. The molecule has 2 aromatic carbocycles. The highest BCUT2D eigenvalue weighted by Gasteiger charge is 2.07. The largest absolute Gasteiger partial charge is 0.332 e. The van der Waals surface area contributed by atoms with Gasteiger partial charge in [-0.2, -0.15) is 0 Å². The Hall–Kier alpha value is -3.03. The monoisotopic (exact) mass is 406 g/mol. The smallest absolute Gasteiger partial charge is 0.221 e. The van der Waals surface area contributed by atoms with E-state index in [9.17, 15) is 4.79 Å². The zero-order valence-electron chi connectivity index (χ0n) is 15.4. The van der Waals surface area contributed by atoms with Crippen LogP contribution < -0.4 is 10.6 Å². The van der Waals surface area contributed by atoms with E-state index in [0.717, 1.165) is 44.0 Å². The summed E-state index contributed by atoms with van der Waals surface area (Å²) >= 11 is 3.21. The van der Waals surface area contributed by atoms with E-state index in [0.29, 0.717) is 0 Å². The van der Waals surface area contributed by atoms with Crippen molar-refractivity contribution in [2.75, 3.05) is 10.6 Å². The van der Waals surface area contributed by atoms with Crippen LogP contribution in [0, 0.1) is 6.92 Å². The summed E-state index contributed by atoms with van der Waals surface area (Å²) in [6.45, 7) is 3.51. The molecule has 0 saturated carbocycles. The minimum atomic E-state index is -0.0798. The second-order valence-electron chi connectivity index (χ2n) is 6.25. The van der Waals surface area contributed by atoms with Crippen molar-refractivity contribution in [2.45, 2.75) is 13.8 Å². The molecule has 0 bridgehead atoms. The van der Waals surface area contributed by atoms with E-state index in [4.69, 9.17) is 0 Å². The molecule has 28 heavy (non-hydrogen) atoms. The summed E-state index contributed by atoms with van der Waals surface area (Å²) in [7, 11) is 0. The number of benzene rings is 2. The standard InChI is InChI=1S/C21H18N4OS2/c1-13(26)22-17-7-3-16(4-8-17)20-12-28-21(25-20)24-18-9-5-15(6-10-18)19-11-27-14(2)23-19/h3-12H,1-2H3,(H,22,26)(H,24,25). The fourth-order valence-corrected chi connectivity index (χ4v) is 4.10. The van der Waals surface area contributed by atoms with Gasteiger partial charge in [0.2, 0.25) is 5.91 Å². The van der Waals surface area contributed by atoms with Crippen LogP contribution in [0.3, 0.4) is 0 Å². The third kappa shape index (κ3) is 4.27. The molecule has 0 spiro atoms. The lowest BCUT2D eigenvalue weighted by molar-refractivity contribution is -0.114. The van der Waals surface area contributed by atoms with Gasteiger partial charge in [-0.3, -0.25) is 4.79 Å². The first-order valence-electron chi connectivity index (χ1n) is 8.70. The molecule has 1 amide bonds. The molecule has 0 radical (unpaired) electrons. The SMILES string of the molecule is CC(=O)Nc1ccc(-c2csc(Nc3ccc(-c4csc(C)n4)cc3)n2)cc1. The van der Waals surface area contributed by atoms with E-state index in [1.165, 1.54) is 6.92 Å². The van der Waals surface area contributed by atoms with Crippen LogP contribution >= 0.6 is 22.7 Å². The minimum absolute atomic E-state index is 0.0798. The molecular formula is C21H18N4OS2. The Bertz CT molecular complexity index is 1100. The average Bonchev–Trinajstić information content (AvgIpc) is 3.32. The number of thiazole rings is 2. The van der Waals surface area contributed by atoms with Crippen LogP contribution in [0.25, 0.3) is 22.5 Å². The number of aryl methyl sites for hydroxylation is 1. The predicted molar refractivity (Wildman–Crippen MR) is 117 cm³/mol. The van der Waals surface area contributed by atoms with Crippen molar-refractivity contribution in [3.05, 3.63) is 64.3 Å². The summed E-state index contributed by atoms with van der Waals surface area (Å²) < 4.78 is 0. The van der Waals surface area contributed by atoms with Gasteiger partial charge in [0.1, 0.15) is 0 Å². The molecule has 0 aliphatic heterocycles. The number of carbonyl (C=O) groups excluding carboxylic acids is 1. The second kappa shape index (κ2) is 7.92. The normalized spacial score (nSPS) is 10.6. The third-order valence-corrected chi connectivity index (χ3v) is 5.59. The number of amides is 1. The van der Waals surface area contributed by atoms with Crippen molar-refractivity contribution < 1.29 is 4.79 Å². The number of rotatable bonds is 5. The highest BCUT2D eigenvalue weighted by atomic mass is 32.1. The number of nitrogens with zero attached hydrogens (tertiary/aromatic N) is 2. The van der Waals surface area contributed by atoms with Crippen LogP contribution in [0.5, 0.6) is 0 Å². The van der Waals surface area contributed by atoms with Crippen molar-refractivity contribution in [3.63, 3.8) is 0 Å². The maximum atomic E-state index is 11.1. The molecule has 4 rings (SSSR count). The molecule has 0 atom stereocenters. The summed E-state index contributed by atoms with van der Waals surface area (Å²) in [5.41, 5.74) is 5.78. The van der Waals surface area contributed by atoms with Crippen LogP contribution in [0.15, 0.2) is 59.3 Å². The summed E-state index contributed by atoms with van der Waals surface area (Å²) in [5.74, 6) is -0.0798. The van der Waals surface area contributed by atoms with Crippen LogP contribution in [-0.2, 0) is 4.79 Å². The lowest BCUT2D eigenvalue weighted by Crippen LogP contribution is -2.05. The average molecular weight is 407 g/mol. The Kier molecular flexibility index (Phi) is 5.18. The highest BCUT2D eigenvalue weighted by Crippen LogP contribution is 2.29. The molecule has 5 nitrogen and oxygen atoms in total. The molecule has 0 aliphatic rings. The van der Waals surface area contributed by atoms with Crippen molar-refractivity contribution in [3.8, 4) is 22.5 Å². The first kappa shape index (κ1) is 18.3. The summed E-state index contributed by atoms with van der Waals surface area (Å²) in [5, 5.41) is 12.1. The van der Waals surface area contributed by atoms with Crippen LogP contribution in [-0.4, -0.2) is 15.9 Å². The Morgan fingerprint density at radius 3 is 1.96 bits per heavy atom. The van der Waals surface area contributed by atoms with E-state index in [-0.39, 0.29) is 5.91 Å². The van der Waals surface area contributed by atoms with Crippen molar-refractivity contribution in [1.82, 2.24) is 9.97 Å². The van der Waals surface area contributed by atoms with Gasteiger partial charge in [-0.25, -0.2) is 9.97 Å². The number of hydrogen-bond donors (Lipinski definition) is 2. The van der Waals surface area contributed by atoms with Gasteiger partial charge in [-0.05, 0) is 31.2 Å². The zero-order valence-corrected chi connectivity index (χ0v) is 17.0. The molecule has 2 N–H and O–H groups in total. The second-order valence-corrected chi connectivity index (χ2v) is 8.17. The molecule has 140 valence electrons. The Morgan fingerprint density at radius 2 is 1.39 bits per heavy atom. The van der Waals surface area contributed by atoms with Gasteiger partial charge < -0.3 is 10.6 Å². The molecule has 2 heterocycles. The summed E-state index contributed by atoms with van der Waals surface area (Å²) in [6, 6.07) is 15.9. The summed E-state index contributed by atoms with van der Waals surface area (Å²) in [4.78, 5) is 20.3. The van der Waals surface area contributed by atoms with Gasteiger partial charge in [-0.1, -0.05) is 24.3 Å². The molecule has 0 fully saturated rings. The lowest BCUT2D eigenvalue weighted by atomic mass is 10.1. The Balaban J connectivity index is 1.45. The molecule has 0 aliphatic carbocycles. The van der Waals surface area contributed by atoms with Crippen molar-refractivity contribution >= 4 is 45.1 Å². The first-order chi connectivity index (χ1) is 13.6. The zero-order chi connectivity index (χ0) is 19.5. The highest BCUT2D eigenvalue weighted by molar-refractivity contribution is 7.14. The maximum absolute atomic E-state index is 11.1. The van der Waals surface area contributed by atoms with Gasteiger partial charge in [0.25, 0.3) is 0 Å². The van der Waals surface area contributed by atoms with Gasteiger partial charge in [0.05, 0.1) is 16.4 Å². The topological polar surface area (TPSA) is 66.9 Å². The van der Waals surface area contributed by atoms with E-state index in [1.807, 2.05) is 48.7 Å². The van der Waals surface area contributed by atoms with Crippen LogP contribution in [0.2, 0.25) is 0 Å². The number of nitrogens with one attached hydrogen (secondary N) is 2. The quantitative estimate of drug-likeness (QED) is 0.430. The van der Waals surface area contributed by atoms with Crippen LogP contribution in [0.4, 0.5) is 16.5 Å². The van der Waals surface area contributed by atoms with Crippen molar-refractivity contribution in [2.24, 2.45) is 0 Å². The van der Waals surface area contributed by atoms with E-state index >= 15 is 0 Å². The number of carbonyl (C=O) groups is 1. The van der Waals surface area contributed by atoms with E-state index in [1.54, 1.807) is 22.7 Å². The minimum Gasteiger partial charge on any atom is -0.332 e. The fourth-order valence-electron chi connectivity index (χ4n) is 2.74. The van der Waals surface area contributed by atoms with Crippen LogP contribution in [0.1, 0.15) is 11.9 Å². The molecule has 4 aromatic rings. The molecule has 0 saturated heterocycles. The van der Waals surface area contributed by atoms with Crippen molar-refractivity contribution in [1.29, 1.82) is 0 Å². The van der Waals surface area contributed by atoms with E-state index in [2.05, 4.69) is 38.1 Å². The van der Waals surface area contributed by atoms with Gasteiger partial charge >= 0.3 is 0 Å². The van der Waals surface area contributed by atoms with Gasteiger partial charge in [0.15, 0.2) is 5.13 Å².